The van der Waals surface area contributed by atoms with Crippen molar-refractivity contribution in [3.63, 3.8) is 0 Å². The van der Waals surface area contributed by atoms with E-state index in [4.69, 9.17) is 11.6 Å². The van der Waals surface area contributed by atoms with Crippen molar-refractivity contribution in [2.75, 3.05) is 24.5 Å². The van der Waals surface area contributed by atoms with Crippen LogP contribution < -0.4 is 4.90 Å². The first-order valence-electron chi connectivity index (χ1n) is 7.59. The Kier molecular flexibility index (Phi) is 4.20. The number of rotatable bonds is 2. The summed E-state index contributed by atoms with van der Waals surface area (Å²) in [6.07, 6.45) is 3.94. The summed E-state index contributed by atoms with van der Waals surface area (Å²) in [6.45, 7) is 5.67. The normalized spacial score (nSPS) is 27.4. The van der Waals surface area contributed by atoms with Crippen molar-refractivity contribution < 1.29 is 5.11 Å². The van der Waals surface area contributed by atoms with E-state index in [0.29, 0.717) is 12.1 Å². The molecule has 20 heavy (non-hydrogen) atoms. The Morgan fingerprint density at radius 2 is 2.15 bits per heavy atom. The average molecular weight is 295 g/mol. The lowest BCUT2D eigenvalue weighted by atomic mass is 9.96. The monoisotopic (exact) mass is 294 g/mol. The fourth-order valence-corrected chi connectivity index (χ4v) is 3.98. The number of hydrogen-bond donors (Lipinski definition) is 1. The molecule has 0 aliphatic carbocycles. The summed E-state index contributed by atoms with van der Waals surface area (Å²) >= 11 is 6.42. The van der Waals surface area contributed by atoms with Crippen molar-refractivity contribution in [1.82, 2.24) is 4.90 Å². The SMILES string of the molecule is CC1CN2CCCCC2CN1c1c(Cl)cccc1CO. The van der Waals surface area contributed by atoms with Gasteiger partial charge < -0.3 is 10.0 Å². The summed E-state index contributed by atoms with van der Waals surface area (Å²) in [4.78, 5) is 5.03. The summed E-state index contributed by atoms with van der Waals surface area (Å²) in [7, 11) is 0. The zero-order chi connectivity index (χ0) is 14.1. The lowest BCUT2D eigenvalue weighted by Crippen LogP contribution is -2.59. The number of para-hydroxylation sites is 1. The molecule has 0 aromatic heterocycles. The van der Waals surface area contributed by atoms with Crippen molar-refractivity contribution in [3.8, 4) is 0 Å². The second-order valence-electron chi connectivity index (χ2n) is 6.05. The molecule has 3 rings (SSSR count). The number of piperazine rings is 1. The lowest BCUT2D eigenvalue weighted by Gasteiger charge is -2.49. The predicted octanol–water partition coefficient (Wildman–Crippen LogP) is 2.90. The first-order valence-corrected chi connectivity index (χ1v) is 7.97. The third kappa shape index (κ3) is 2.54. The van der Waals surface area contributed by atoms with E-state index in [1.807, 2.05) is 18.2 Å². The van der Waals surface area contributed by atoms with Gasteiger partial charge in [-0.25, -0.2) is 0 Å². The van der Waals surface area contributed by atoms with Gasteiger partial charge in [0.2, 0.25) is 0 Å². The van der Waals surface area contributed by atoms with Gasteiger partial charge >= 0.3 is 0 Å². The van der Waals surface area contributed by atoms with Crippen molar-refractivity contribution in [1.29, 1.82) is 0 Å². The maximum absolute atomic E-state index is 9.60. The molecular formula is C16H23ClN2O. The lowest BCUT2D eigenvalue weighted by molar-refractivity contribution is 0.115. The molecule has 2 unspecified atom stereocenters. The van der Waals surface area contributed by atoms with Gasteiger partial charge in [0.15, 0.2) is 0 Å². The van der Waals surface area contributed by atoms with E-state index in [9.17, 15) is 5.11 Å². The van der Waals surface area contributed by atoms with Crippen LogP contribution in [-0.2, 0) is 6.61 Å². The molecule has 0 saturated carbocycles. The molecule has 0 spiro atoms. The fraction of sp³-hybridized carbons (Fsp3) is 0.625. The predicted molar refractivity (Wildman–Crippen MR) is 83.4 cm³/mol. The number of aliphatic hydroxyl groups is 1. The summed E-state index contributed by atoms with van der Waals surface area (Å²) in [5.74, 6) is 0. The first kappa shape index (κ1) is 14.2. The molecule has 0 bridgehead atoms. The van der Waals surface area contributed by atoms with Crippen molar-refractivity contribution in [2.24, 2.45) is 0 Å². The average Bonchev–Trinajstić information content (AvgIpc) is 2.46. The number of hydrogen-bond acceptors (Lipinski definition) is 3. The summed E-state index contributed by atoms with van der Waals surface area (Å²) in [5.41, 5.74) is 1.97. The van der Waals surface area contributed by atoms with E-state index in [-0.39, 0.29) is 6.61 Å². The van der Waals surface area contributed by atoms with E-state index in [1.54, 1.807) is 0 Å². The van der Waals surface area contributed by atoms with Crippen LogP contribution in [0.5, 0.6) is 0 Å². The highest BCUT2D eigenvalue weighted by Crippen LogP contribution is 2.35. The number of halogens is 1. The molecule has 0 amide bonds. The molecule has 110 valence electrons. The van der Waals surface area contributed by atoms with E-state index >= 15 is 0 Å². The quantitative estimate of drug-likeness (QED) is 0.908. The molecule has 2 atom stereocenters. The smallest absolute Gasteiger partial charge is 0.0702 e. The van der Waals surface area contributed by atoms with Crippen LogP contribution in [0.25, 0.3) is 0 Å². The molecule has 2 aliphatic rings. The second-order valence-corrected chi connectivity index (χ2v) is 6.46. The Hall–Kier alpha value is -0.770. The van der Waals surface area contributed by atoms with Crippen LogP contribution in [-0.4, -0.2) is 41.7 Å². The maximum Gasteiger partial charge on any atom is 0.0702 e. The largest absolute Gasteiger partial charge is 0.392 e. The molecule has 1 aromatic rings. The third-order valence-corrected chi connectivity index (χ3v) is 5.02. The Balaban J connectivity index is 1.90. The number of benzene rings is 1. The van der Waals surface area contributed by atoms with Crippen LogP contribution in [0.2, 0.25) is 5.02 Å². The van der Waals surface area contributed by atoms with Gasteiger partial charge in [0, 0.05) is 30.7 Å². The number of nitrogens with zero attached hydrogens (tertiary/aromatic N) is 2. The van der Waals surface area contributed by atoms with Crippen molar-refractivity contribution in [3.05, 3.63) is 28.8 Å². The van der Waals surface area contributed by atoms with Crippen LogP contribution in [0.3, 0.4) is 0 Å². The van der Waals surface area contributed by atoms with Crippen LogP contribution in [0, 0.1) is 0 Å². The minimum Gasteiger partial charge on any atom is -0.392 e. The standard InChI is InChI=1S/C16H23ClN2O/c1-12-9-18-8-3-2-6-14(18)10-19(12)16-13(11-20)5-4-7-15(16)17/h4-5,7,12,14,20H,2-3,6,8-11H2,1H3. The fourth-order valence-electron chi connectivity index (χ4n) is 3.67. The molecule has 2 fully saturated rings. The van der Waals surface area contributed by atoms with Gasteiger partial charge in [-0.1, -0.05) is 30.2 Å². The minimum atomic E-state index is 0.0491. The summed E-state index contributed by atoms with van der Waals surface area (Å²) in [5, 5.41) is 10.4. The molecule has 3 nitrogen and oxygen atoms in total. The topological polar surface area (TPSA) is 26.7 Å². The Bertz CT molecular complexity index is 480. The van der Waals surface area contributed by atoms with Crippen LogP contribution in [0.4, 0.5) is 5.69 Å². The first-order chi connectivity index (χ1) is 9.70. The molecule has 4 heteroatoms. The zero-order valence-corrected chi connectivity index (χ0v) is 12.8. The van der Waals surface area contributed by atoms with E-state index in [1.165, 1.54) is 25.8 Å². The van der Waals surface area contributed by atoms with Crippen molar-refractivity contribution in [2.45, 2.75) is 44.9 Å². The Morgan fingerprint density at radius 1 is 1.30 bits per heavy atom. The van der Waals surface area contributed by atoms with Crippen LogP contribution in [0.1, 0.15) is 31.7 Å². The Morgan fingerprint density at radius 3 is 2.95 bits per heavy atom. The van der Waals surface area contributed by atoms with E-state index in [0.717, 1.165) is 29.4 Å². The van der Waals surface area contributed by atoms with Gasteiger partial charge in [-0.05, 0) is 32.4 Å². The van der Waals surface area contributed by atoms with Gasteiger partial charge in [-0.15, -0.1) is 0 Å². The highest BCUT2D eigenvalue weighted by Gasteiger charge is 2.34. The van der Waals surface area contributed by atoms with E-state index < -0.39 is 0 Å². The second kappa shape index (κ2) is 5.92. The molecule has 2 heterocycles. The van der Waals surface area contributed by atoms with Gasteiger partial charge in [0.25, 0.3) is 0 Å². The third-order valence-electron chi connectivity index (χ3n) is 4.72. The molecule has 2 aliphatic heterocycles. The van der Waals surface area contributed by atoms with Gasteiger partial charge in [0.1, 0.15) is 0 Å². The van der Waals surface area contributed by atoms with Crippen LogP contribution in [0.15, 0.2) is 18.2 Å². The number of piperidine rings is 1. The zero-order valence-electron chi connectivity index (χ0n) is 12.1. The van der Waals surface area contributed by atoms with E-state index in [2.05, 4.69) is 16.7 Å². The van der Waals surface area contributed by atoms with Crippen molar-refractivity contribution >= 4 is 17.3 Å². The minimum absolute atomic E-state index is 0.0491. The molecular weight excluding hydrogens is 272 g/mol. The molecule has 1 N–H and O–H groups in total. The molecule has 2 saturated heterocycles. The molecule has 1 aromatic carbocycles. The van der Waals surface area contributed by atoms with Crippen LogP contribution >= 0.6 is 11.6 Å². The van der Waals surface area contributed by atoms with Gasteiger partial charge in [-0.2, -0.15) is 0 Å². The number of anilines is 1. The van der Waals surface area contributed by atoms with Gasteiger partial charge in [-0.3, -0.25) is 4.90 Å². The Labute approximate surface area is 126 Å². The number of aliphatic hydroxyl groups excluding tert-OH is 1. The highest BCUT2D eigenvalue weighted by atomic mass is 35.5. The van der Waals surface area contributed by atoms with Gasteiger partial charge in [0.05, 0.1) is 17.3 Å². The maximum atomic E-state index is 9.60. The number of fused-ring (bicyclic) bond motifs is 1. The molecule has 0 radical (unpaired) electrons. The summed E-state index contributed by atoms with van der Waals surface area (Å²) < 4.78 is 0. The summed E-state index contributed by atoms with van der Waals surface area (Å²) in [6, 6.07) is 6.90. The highest BCUT2D eigenvalue weighted by molar-refractivity contribution is 6.33.